The van der Waals surface area contributed by atoms with Crippen LogP contribution in [0.4, 0.5) is 0 Å². The van der Waals surface area contributed by atoms with Gasteiger partial charge in [0, 0.05) is 38.0 Å². The van der Waals surface area contributed by atoms with Gasteiger partial charge in [-0.25, -0.2) is 0 Å². The lowest BCUT2D eigenvalue weighted by molar-refractivity contribution is -0.138. The first-order valence-electron chi connectivity index (χ1n) is 7.64. The Balaban J connectivity index is 1.43. The van der Waals surface area contributed by atoms with E-state index in [9.17, 15) is 4.79 Å². The summed E-state index contributed by atoms with van der Waals surface area (Å²) < 4.78 is 5.34. The van der Waals surface area contributed by atoms with Gasteiger partial charge in [0.15, 0.2) is 5.82 Å². The van der Waals surface area contributed by atoms with Crippen LogP contribution in [0, 0.1) is 5.92 Å². The second-order valence-corrected chi connectivity index (χ2v) is 6.24. The molecule has 0 aromatic carbocycles. The van der Waals surface area contributed by atoms with E-state index < -0.39 is 0 Å². The molecule has 20 heavy (non-hydrogen) atoms. The van der Waals surface area contributed by atoms with E-state index in [1.807, 2.05) is 4.90 Å². The summed E-state index contributed by atoms with van der Waals surface area (Å²) in [6.07, 6.45) is 4.43. The highest BCUT2D eigenvalue weighted by atomic mass is 16.5. The smallest absolute Gasteiger partial charge is 0.229 e. The van der Waals surface area contributed by atoms with Crippen molar-refractivity contribution in [3.05, 3.63) is 11.7 Å². The number of carbonyl (C=O) groups excluding carboxylic acids is 1. The van der Waals surface area contributed by atoms with E-state index >= 15 is 0 Å². The third kappa shape index (κ3) is 2.22. The van der Waals surface area contributed by atoms with Crippen LogP contribution in [0.3, 0.4) is 0 Å². The molecule has 1 N–H and O–H groups in total. The van der Waals surface area contributed by atoms with Gasteiger partial charge in [-0.1, -0.05) is 5.16 Å². The molecule has 2 aliphatic heterocycles. The first kappa shape index (κ1) is 12.3. The fourth-order valence-corrected chi connectivity index (χ4v) is 3.02. The van der Waals surface area contributed by atoms with Crippen LogP contribution in [0.25, 0.3) is 0 Å². The Labute approximate surface area is 117 Å². The van der Waals surface area contributed by atoms with Gasteiger partial charge in [-0.2, -0.15) is 4.98 Å². The quantitative estimate of drug-likeness (QED) is 0.887. The molecule has 1 aliphatic carbocycles. The Kier molecular flexibility index (Phi) is 2.98. The zero-order valence-electron chi connectivity index (χ0n) is 11.5. The number of nitrogens with zero attached hydrogens (tertiary/aromatic N) is 3. The second kappa shape index (κ2) is 4.84. The normalized spacial score (nSPS) is 27.4. The summed E-state index contributed by atoms with van der Waals surface area (Å²) in [7, 11) is 0. The van der Waals surface area contributed by atoms with Crippen LogP contribution in [0.2, 0.25) is 0 Å². The van der Waals surface area contributed by atoms with Crippen molar-refractivity contribution >= 4 is 5.91 Å². The molecule has 1 saturated carbocycles. The maximum atomic E-state index is 12.3. The fraction of sp³-hybridized carbons (Fsp3) is 0.786. The largest absolute Gasteiger partial charge is 0.342 e. The molecule has 3 fully saturated rings. The van der Waals surface area contributed by atoms with Crippen molar-refractivity contribution in [2.24, 2.45) is 5.92 Å². The van der Waals surface area contributed by atoms with Crippen molar-refractivity contribution in [1.82, 2.24) is 20.4 Å². The third-order valence-corrected chi connectivity index (χ3v) is 4.61. The zero-order valence-corrected chi connectivity index (χ0v) is 11.5. The molecule has 108 valence electrons. The van der Waals surface area contributed by atoms with Crippen molar-refractivity contribution < 1.29 is 9.32 Å². The molecule has 0 spiro atoms. The molecule has 3 heterocycles. The number of piperidine rings is 1. The molecular formula is C14H20N4O2. The zero-order chi connectivity index (χ0) is 13.5. The molecule has 1 unspecified atom stereocenters. The topological polar surface area (TPSA) is 71.3 Å². The summed E-state index contributed by atoms with van der Waals surface area (Å²) in [5.41, 5.74) is 0. The van der Waals surface area contributed by atoms with Gasteiger partial charge >= 0.3 is 0 Å². The Hall–Kier alpha value is -1.43. The molecule has 1 aromatic heterocycles. The minimum atomic E-state index is 0.182. The van der Waals surface area contributed by atoms with Gasteiger partial charge in [0.1, 0.15) is 0 Å². The van der Waals surface area contributed by atoms with E-state index in [1.165, 1.54) is 12.8 Å². The van der Waals surface area contributed by atoms with Gasteiger partial charge in [-0.3, -0.25) is 4.79 Å². The van der Waals surface area contributed by atoms with Gasteiger partial charge in [-0.05, 0) is 25.7 Å². The van der Waals surface area contributed by atoms with Crippen LogP contribution in [-0.4, -0.2) is 47.1 Å². The van der Waals surface area contributed by atoms with Crippen molar-refractivity contribution in [2.75, 3.05) is 26.2 Å². The van der Waals surface area contributed by atoms with E-state index in [0.29, 0.717) is 11.8 Å². The van der Waals surface area contributed by atoms with Gasteiger partial charge in [0.2, 0.25) is 11.8 Å². The number of aromatic nitrogens is 2. The number of carbonyl (C=O) groups is 1. The number of nitrogens with one attached hydrogen (secondary N) is 1. The van der Waals surface area contributed by atoms with E-state index in [0.717, 1.165) is 50.7 Å². The van der Waals surface area contributed by atoms with Crippen LogP contribution in [0.15, 0.2) is 4.52 Å². The molecule has 6 heteroatoms. The fourth-order valence-electron chi connectivity index (χ4n) is 3.02. The molecule has 1 aromatic rings. The molecule has 0 bridgehead atoms. The van der Waals surface area contributed by atoms with Crippen LogP contribution in [0.1, 0.15) is 49.2 Å². The first-order valence-corrected chi connectivity index (χ1v) is 7.64. The highest BCUT2D eigenvalue weighted by molar-refractivity contribution is 5.80. The lowest BCUT2D eigenvalue weighted by Crippen LogP contribution is -2.53. The molecule has 6 nitrogen and oxygen atoms in total. The summed E-state index contributed by atoms with van der Waals surface area (Å²) in [6.45, 7) is 3.28. The minimum Gasteiger partial charge on any atom is -0.342 e. The molecule has 4 rings (SSSR count). The highest BCUT2D eigenvalue weighted by Gasteiger charge is 2.35. The third-order valence-electron chi connectivity index (χ3n) is 4.61. The summed E-state index contributed by atoms with van der Waals surface area (Å²) in [5, 5.41) is 7.30. The Morgan fingerprint density at radius 3 is 2.80 bits per heavy atom. The number of amides is 1. The number of hydrogen-bond donors (Lipinski definition) is 1. The van der Waals surface area contributed by atoms with Crippen LogP contribution >= 0.6 is 0 Å². The van der Waals surface area contributed by atoms with E-state index in [-0.39, 0.29) is 11.8 Å². The monoisotopic (exact) mass is 276 g/mol. The van der Waals surface area contributed by atoms with Gasteiger partial charge in [0.05, 0.1) is 5.92 Å². The highest BCUT2D eigenvalue weighted by Crippen LogP contribution is 2.39. The van der Waals surface area contributed by atoms with E-state index in [4.69, 9.17) is 4.52 Å². The minimum absolute atomic E-state index is 0.182. The lowest BCUT2D eigenvalue weighted by Gasteiger charge is -2.36. The van der Waals surface area contributed by atoms with Crippen LogP contribution < -0.4 is 5.32 Å². The Morgan fingerprint density at radius 2 is 2.10 bits per heavy atom. The Bertz CT molecular complexity index is 507. The average Bonchev–Trinajstić information content (AvgIpc) is 3.15. The summed E-state index contributed by atoms with van der Waals surface area (Å²) in [4.78, 5) is 18.8. The molecule has 2 saturated heterocycles. The molecule has 0 radical (unpaired) electrons. The van der Waals surface area contributed by atoms with Crippen molar-refractivity contribution in [2.45, 2.75) is 37.5 Å². The van der Waals surface area contributed by atoms with Crippen LogP contribution in [0.5, 0.6) is 0 Å². The number of rotatable bonds is 3. The van der Waals surface area contributed by atoms with Gasteiger partial charge in [0.25, 0.3) is 0 Å². The predicted molar refractivity (Wildman–Crippen MR) is 71.2 cm³/mol. The van der Waals surface area contributed by atoms with Crippen molar-refractivity contribution in [1.29, 1.82) is 0 Å². The SMILES string of the molecule is O=C(C1CNC1)N1CCCC(c2noc(C3CC3)n2)C1. The standard InChI is InChI=1S/C14H20N4O2/c19-14(11-6-15-7-11)18-5-1-2-10(8-18)12-16-13(20-17-12)9-3-4-9/h9-11,15H,1-8H2. The first-order chi connectivity index (χ1) is 9.81. The summed E-state index contributed by atoms with van der Waals surface area (Å²) in [6, 6.07) is 0. The summed E-state index contributed by atoms with van der Waals surface area (Å²) in [5.74, 6) is 2.82. The second-order valence-electron chi connectivity index (χ2n) is 6.24. The number of likely N-dealkylation sites (tertiary alicyclic amines) is 1. The van der Waals surface area contributed by atoms with E-state index in [2.05, 4.69) is 15.5 Å². The van der Waals surface area contributed by atoms with Gasteiger partial charge in [-0.15, -0.1) is 0 Å². The molecular weight excluding hydrogens is 256 g/mol. The van der Waals surface area contributed by atoms with Crippen LogP contribution in [-0.2, 0) is 4.79 Å². The number of hydrogen-bond acceptors (Lipinski definition) is 5. The Morgan fingerprint density at radius 1 is 1.25 bits per heavy atom. The van der Waals surface area contributed by atoms with Crippen molar-refractivity contribution in [3.8, 4) is 0 Å². The molecule has 3 aliphatic rings. The average molecular weight is 276 g/mol. The maximum absolute atomic E-state index is 12.3. The maximum Gasteiger partial charge on any atom is 0.229 e. The predicted octanol–water partition coefficient (Wildman–Crippen LogP) is 0.872. The molecule has 1 amide bonds. The van der Waals surface area contributed by atoms with Gasteiger partial charge < -0.3 is 14.7 Å². The van der Waals surface area contributed by atoms with Crippen molar-refractivity contribution in [3.63, 3.8) is 0 Å². The molecule has 1 atom stereocenters. The summed E-state index contributed by atoms with van der Waals surface area (Å²) >= 11 is 0. The lowest BCUT2D eigenvalue weighted by atomic mass is 9.94. The van der Waals surface area contributed by atoms with E-state index in [1.54, 1.807) is 0 Å².